The molecule has 0 saturated heterocycles. The van der Waals surface area contributed by atoms with Crippen LogP contribution in [0.5, 0.6) is 0 Å². The van der Waals surface area contributed by atoms with Crippen LogP contribution in [0.1, 0.15) is 6.42 Å². The van der Waals surface area contributed by atoms with Crippen LogP contribution in [0.25, 0.3) is 33.5 Å². The summed E-state index contributed by atoms with van der Waals surface area (Å²) in [5.41, 5.74) is 2.68. The van der Waals surface area contributed by atoms with E-state index in [4.69, 9.17) is 9.40 Å². The maximum atomic E-state index is 11.7. The van der Waals surface area contributed by atoms with Crippen molar-refractivity contribution in [3.63, 3.8) is 0 Å². The molecule has 1 atom stereocenters. The summed E-state index contributed by atoms with van der Waals surface area (Å²) in [6.45, 7) is 0. The zero-order valence-corrected chi connectivity index (χ0v) is 17.2. The molecule has 0 aliphatic heterocycles. The molecule has 2 aromatic heterocycles. The Balaban J connectivity index is 0.00000240. The van der Waals surface area contributed by atoms with Crippen molar-refractivity contribution in [3.05, 3.63) is 54.6 Å². The summed E-state index contributed by atoms with van der Waals surface area (Å²) in [6, 6.07) is 16.5. The van der Waals surface area contributed by atoms with Crippen LogP contribution in [0.4, 0.5) is 5.82 Å². The lowest BCUT2D eigenvalue weighted by Gasteiger charge is -2.15. The molecule has 0 aliphatic carbocycles. The molecule has 4 rings (SSSR count). The van der Waals surface area contributed by atoms with Crippen LogP contribution in [-0.2, 0) is 4.79 Å². The van der Waals surface area contributed by atoms with Crippen LogP contribution in [0.2, 0.25) is 0 Å². The van der Waals surface area contributed by atoms with Gasteiger partial charge in [0.15, 0.2) is 17.2 Å². The second kappa shape index (κ2) is 9.15. The van der Waals surface area contributed by atoms with Crippen LogP contribution in [0, 0.1) is 0 Å². The van der Waals surface area contributed by atoms with E-state index in [1.54, 1.807) is 11.8 Å². The van der Waals surface area contributed by atoms with Gasteiger partial charge >= 0.3 is 5.97 Å². The highest BCUT2D eigenvalue weighted by molar-refractivity contribution is 7.98. The van der Waals surface area contributed by atoms with Gasteiger partial charge in [-0.2, -0.15) is 11.8 Å². The summed E-state index contributed by atoms with van der Waals surface area (Å²) in [4.78, 5) is 21.0. The van der Waals surface area contributed by atoms with Gasteiger partial charge in [-0.15, -0.1) is 0 Å². The Morgan fingerprint density at radius 1 is 1.14 bits per heavy atom. The monoisotopic (exact) mass is 428 g/mol. The molecule has 4 aromatic rings. The summed E-state index contributed by atoms with van der Waals surface area (Å²) in [7, 11) is 0. The number of halogens is 1. The fourth-order valence-electron chi connectivity index (χ4n) is 3.06. The van der Waals surface area contributed by atoms with Crippen molar-refractivity contribution < 1.29 is 26.7 Å². The first-order valence-electron chi connectivity index (χ1n) is 8.90. The van der Waals surface area contributed by atoms with E-state index in [-0.39, 0.29) is 12.4 Å². The van der Waals surface area contributed by atoms with Crippen molar-refractivity contribution in [1.29, 1.82) is 0 Å². The fraction of sp³-hybridized carbons (Fsp3) is 0.190. The number of carboxylic acid groups (broad SMARTS) is 1. The molecule has 0 spiro atoms. The number of furan rings is 1. The van der Waals surface area contributed by atoms with E-state index in [0.717, 1.165) is 16.7 Å². The topological polar surface area (TPSA) is 88.3 Å². The molecule has 0 bridgehead atoms. The second-order valence-corrected chi connectivity index (χ2v) is 7.34. The van der Waals surface area contributed by atoms with Crippen molar-refractivity contribution in [3.8, 4) is 11.4 Å². The van der Waals surface area contributed by atoms with Gasteiger partial charge in [0.2, 0.25) is 0 Å². The van der Waals surface area contributed by atoms with Crippen molar-refractivity contribution in [2.75, 3.05) is 17.3 Å². The molecule has 0 saturated carbocycles. The van der Waals surface area contributed by atoms with Crippen LogP contribution >= 0.6 is 11.8 Å². The number of aromatic nitrogens is 2. The highest BCUT2D eigenvalue weighted by atomic mass is 35.5. The Bertz CT molecular complexity index is 1130. The number of para-hydroxylation sites is 1. The first-order valence-corrected chi connectivity index (χ1v) is 10.3. The number of carbonyl (C=O) groups is 1. The van der Waals surface area contributed by atoms with Gasteiger partial charge in [-0.25, -0.2) is 14.8 Å². The lowest BCUT2D eigenvalue weighted by Crippen LogP contribution is -3.00. The number of hydrogen-bond acceptors (Lipinski definition) is 6. The normalized spacial score (nSPS) is 11.9. The molecular formula is C21H19ClN3O3S-. The van der Waals surface area contributed by atoms with Crippen LogP contribution < -0.4 is 17.7 Å². The molecule has 0 amide bonds. The van der Waals surface area contributed by atoms with E-state index < -0.39 is 12.0 Å². The summed E-state index contributed by atoms with van der Waals surface area (Å²) in [5, 5.41) is 13.6. The second-order valence-electron chi connectivity index (χ2n) is 6.35. The Labute approximate surface area is 178 Å². The van der Waals surface area contributed by atoms with Gasteiger partial charge in [0, 0.05) is 10.9 Å². The van der Waals surface area contributed by atoms with Gasteiger partial charge in [-0.1, -0.05) is 42.5 Å². The molecule has 2 heterocycles. The van der Waals surface area contributed by atoms with Gasteiger partial charge in [0.1, 0.15) is 17.1 Å². The third-order valence-corrected chi connectivity index (χ3v) is 5.12. The maximum absolute atomic E-state index is 11.7. The number of fused-ring (bicyclic) bond motifs is 3. The van der Waals surface area contributed by atoms with Gasteiger partial charge in [-0.05, 0) is 30.6 Å². The van der Waals surface area contributed by atoms with E-state index >= 15 is 0 Å². The number of nitrogens with zero attached hydrogens (tertiary/aromatic N) is 2. The Morgan fingerprint density at radius 2 is 1.86 bits per heavy atom. The largest absolute Gasteiger partial charge is 1.00 e. The Morgan fingerprint density at radius 3 is 2.59 bits per heavy atom. The standard InChI is InChI=1S/C21H19N3O3S.ClH/c1-28-12-11-15(21(25)26)22-20-18-17(14-9-5-6-10-16(14)27-18)23-19(24-20)13-7-3-2-4-8-13;/h2-10,15H,11-12H2,1H3,(H,25,26)(H,22,23,24);1H/p-1/t15-;/m1./s1. The average molecular weight is 429 g/mol. The molecule has 29 heavy (non-hydrogen) atoms. The molecule has 2 N–H and O–H groups in total. The van der Waals surface area contributed by atoms with Crippen molar-refractivity contribution in [1.82, 2.24) is 9.97 Å². The molecule has 0 aliphatic rings. The highest BCUT2D eigenvalue weighted by Crippen LogP contribution is 2.33. The number of aliphatic carboxylic acids is 1. The first-order chi connectivity index (χ1) is 13.7. The number of anilines is 1. The van der Waals surface area contributed by atoms with E-state index in [9.17, 15) is 9.90 Å². The summed E-state index contributed by atoms with van der Waals surface area (Å²) in [6.07, 6.45) is 2.43. The molecule has 0 unspecified atom stereocenters. The minimum Gasteiger partial charge on any atom is -1.00 e. The van der Waals surface area contributed by atoms with Gasteiger partial charge in [-0.3, -0.25) is 0 Å². The van der Waals surface area contributed by atoms with E-state index in [0.29, 0.717) is 34.7 Å². The summed E-state index contributed by atoms with van der Waals surface area (Å²) in [5.74, 6) is 0.729. The van der Waals surface area contributed by atoms with Crippen LogP contribution in [0.15, 0.2) is 59.0 Å². The van der Waals surface area contributed by atoms with Gasteiger partial charge in [0.25, 0.3) is 0 Å². The van der Waals surface area contributed by atoms with E-state index in [2.05, 4.69) is 10.3 Å². The minimum atomic E-state index is -0.918. The molecule has 6 nitrogen and oxygen atoms in total. The number of hydrogen-bond donors (Lipinski definition) is 2. The predicted octanol–water partition coefficient (Wildman–Crippen LogP) is 1.67. The van der Waals surface area contributed by atoms with Gasteiger partial charge in [0.05, 0.1) is 0 Å². The third kappa shape index (κ3) is 4.31. The fourth-order valence-corrected chi connectivity index (χ4v) is 3.53. The molecule has 150 valence electrons. The van der Waals surface area contributed by atoms with Gasteiger partial charge < -0.3 is 27.2 Å². The Kier molecular flexibility index (Phi) is 6.61. The average Bonchev–Trinajstić information content (AvgIpc) is 3.10. The minimum absolute atomic E-state index is 0. The number of carboxylic acids is 1. The zero-order valence-electron chi connectivity index (χ0n) is 15.6. The van der Waals surface area contributed by atoms with Crippen LogP contribution in [-0.4, -0.2) is 39.1 Å². The smallest absolute Gasteiger partial charge is 0.326 e. The lowest BCUT2D eigenvalue weighted by molar-refractivity contribution is -0.137. The third-order valence-electron chi connectivity index (χ3n) is 4.47. The van der Waals surface area contributed by atoms with Crippen LogP contribution in [0.3, 0.4) is 0 Å². The summed E-state index contributed by atoms with van der Waals surface area (Å²) >= 11 is 1.61. The summed E-state index contributed by atoms with van der Waals surface area (Å²) < 4.78 is 5.97. The highest BCUT2D eigenvalue weighted by Gasteiger charge is 2.22. The predicted molar refractivity (Wildman–Crippen MR) is 113 cm³/mol. The van der Waals surface area contributed by atoms with E-state index in [1.807, 2.05) is 60.9 Å². The van der Waals surface area contributed by atoms with E-state index in [1.165, 1.54) is 0 Å². The van der Waals surface area contributed by atoms with Crippen molar-refractivity contribution in [2.24, 2.45) is 0 Å². The molecule has 2 aromatic carbocycles. The number of thioether (sulfide) groups is 1. The van der Waals surface area contributed by atoms with Crippen molar-refractivity contribution >= 4 is 45.6 Å². The lowest BCUT2D eigenvalue weighted by atomic mass is 10.2. The Hall–Kier alpha value is -2.77. The number of nitrogens with one attached hydrogen (secondary N) is 1. The SMILES string of the molecule is CSCC[C@@H](Nc1nc(-c2ccccc2)nc2c1oc1ccccc12)C(=O)O.[Cl-]. The quantitative estimate of drug-likeness (QED) is 0.463. The number of benzene rings is 2. The molecular weight excluding hydrogens is 410 g/mol. The first kappa shape index (κ1) is 21.0. The molecule has 8 heteroatoms. The molecule has 0 fully saturated rings. The maximum Gasteiger partial charge on any atom is 0.326 e. The number of rotatable bonds is 7. The molecule has 0 radical (unpaired) electrons. The van der Waals surface area contributed by atoms with Crippen molar-refractivity contribution in [2.45, 2.75) is 12.5 Å². The zero-order chi connectivity index (χ0) is 19.5.